The van der Waals surface area contributed by atoms with E-state index in [0.29, 0.717) is 17.0 Å². The second kappa shape index (κ2) is 7.20. The molecular formula is C20H14Cl2FNO4. The Morgan fingerprint density at radius 3 is 2.61 bits per heavy atom. The van der Waals surface area contributed by atoms with E-state index in [2.05, 4.69) is 0 Å². The molecule has 0 aliphatic carbocycles. The third-order valence-electron chi connectivity index (χ3n) is 4.74. The van der Waals surface area contributed by atoms with Crippen LogP contribution in [0.4, 0.5) is 4.39 Å². The molecule has 1 aliphatic rings. The van der Waals surface area contributed by atoms with Crippen molar-refractivity contribution in [1.29, 1.82) is 0 Å². The summed E-state index contributed by atoms with van der Waals surface area (Å²) in [4.78, 5) is 27.6. The fraction of sp³-hybridized carbons (Fsp3) is 0.200. The van der Waals surface area contributed by atoms with E-state index in [1.807, 2.05) is 0 Å². The van der Waals surface area contributed by atoms with E-state index < -0.39 is 23.2 Å². The molecule has 2 aromatic carbocycles. The molecule has 0 bridgehead atoms. The van der Waals surface area contributed by atoms with Crippen molar-refractivity contribution in [1.82, 2.24) is 4.90 Å². The first-order valence-electron chi connectivity index (χ1n) is 8.55. The summed E-state index contributed by atoms with van der Waals surface area (Å²) < 4.78 is 19.4. The molecule has 1 atom stereocenters. The van der Waals surface area contributed by atoms with Gasteiger partial charge in [-0.2, -0.15) is 0 Å². The van der Waals surface area contributed by atoms with Gasteiger partial charge in [-0.3, -0.25) is 9.59 Å². The zero-order chi connectivity index (χ0) is 20.0. The Kier molecular flexibility index (Phi) is 4.87. The van der Waals surface area contributed by atoms with Crippen molar-refractivity contribution in [3.63, 3.8) is 0 Å². The minimum absolute atomic E-state index is 0.0561. The summed E-state index contributed by atoms with van der Waals surface area (Å²) in [5.74, 6) is -1.13. The maximum atomic E-state index is 13.7. The van der Waals surface area contributed by atoms with Crippen LogP contribution in [0, 0.1) is 5.82 Å². The third-order valence-corrected chi connectivity index (χ3v) is 5.48. The largest absolute Gasteiger partial charge is 0.450 e. The Balaban J connectivity index is 1.98. The van der Waals surface area contributed by atoms with E-state index in [1.54, 1.807) is 18.2 Å². The highest BCUT2D eigenvalue weighted by atomic mass is 35.5. The SMILES string of the molecule is O=C1c2oc3ccc(F)cc3c(=O)c2C(c2ccc(Cl)c(Cl)c2)N1CCCO. The zero-order valence-corrected chi connectivity index (χ0v) is 15.9. The minimum atomic E-state index is -0.771. The lowest BCUT2D eigenvalue weighted by atomic mass is 9.98. The number of halogens is 3. The van der Waals surface area contributed by atoms with Crippen LogP contribution in [0.15, 0.2) is 45.6 Å². The molecule has 0 spiro atoms. The van der Waals surface area contributed by atoms with Crippen LogP contribution in [0.25, 0.3) is 11.0 Å². The van der Waals surface area contributed by atoms with Crippen LogP contribution in [0.2, 0.25) is 10.0 Å². The second-order valence-corrected chi connectivity index (χ2v) is 7.28. The average Bonchev–Trinajstić information content (AvgIpc) is 2.95. The van der Waals surface area contributed by atoms with Gasteiger partial charge in [-0.1, -0.05) is 29.3 Å². The molecule has 0 saturated heterocycles. The number of hydrogen-bond acceptors (Lipinski definition) is 4. The first-order chi connectivity index (χ1) is 13.4. The topological polar surface area (TPSA) is 70.8 Å². The monoisotopic (exact) mass is 421 g/mol. The molecule has 5 nitrogen and oxygen atoms in total. The molecule has 1 aromatic heterocycles. The number of aliphatic hydroxyl groups excluding tert-OH is 1. The Hall–Kier alpha value is -2.41. The molecule has 0 fully saturated rings. The van der Waals surface area contributed by atoms with Gasteiger partial charge >= 0.3 is 0 Å². The maximum absolute atomic E-state index is 13.7. The van der Waals surface area contributed by atoms with Gasteiger partial charge in [0.25, 0.3) is 5.91 Å². The van der Waals surface area contributed by atoms with Gasteiger partial charge in [-0.15, -0.1) is 0 Å². The van der Waals surface area contributed by atoms with Gasteiger partial charge in [0.1, 0.15) is 11.4 Å². The number of fused-ring (bicyclic) bond motifs is 2. The highest BCUT2D eigenvalue weighted by molar-refractivity contribution is 6.42. The Morgan fingerprint density at radius 1 is 1.11 bits per heavy atom. The van der Waals surface area contributed by atoms with E-state index in [0.717, 1.165) is 12.1 Å². The average molecular weight is 422 g/mol. The van der Waals surface area contributed by atoms with Crippen molar-refractivity contribution < 1.29 is 18.7 Å². The zero-order valence-electron chi connectivity index (χ0n) is 14.4. The summed E-state index contributed by atoms with van der Waals surface area (Å²) >= 11 is 12.1. The molecule has 2 heterocycles. The number of rotatable bonds is 4. The van der Waals surface area contributed by atoms with Crippen LogP contribution >= 0.6 is 23.2 Å². The van der Waals surface area contributed by atoms with Crippen molar-refractivity contribution in [2.45, 2.75) is 12.5 Å². The molecule has 144 valence electrons. The van der Waals surface area contributed by atoms with Crippen molar-refractivity contribution >= 4 is 40.1 Å². The van der Waals surface area contributed by atoms with Gasteiger partial charge in [0, 0.05) is 13.2 Å². The third kappa shape index (κ3) is 2.98. The molecule has 0 saturated carbocycles. The van der Waals surface area contributed by atoms with E-state index in [-0.39, 0.29) is 40.5 Å². The van der Waals surface area contributed by atoms with Crippen molar-refractivity contribution in [3.05, 3.63) is 79.4 Å². The van der Waals surface area contributed by atoms with Crippen molar-refractivity contribution in [2.75, 3.05) is 13.2 Å². The second-order valence-electron chi connectivity index (χ2n) is 6.47. The molecule has 3 aromatic rings. The number of aliphatic hydroxyl groups is 1. The van der Waals surface area contributed by atoms with Crippen LogP contribution in [0.3, 0.4) is 0 Å². The lowest BCUT2D eigenvalue weighted by Gasteiger charge is -2.25. The minimum Gasteiger partial charge on any atom is -0.450 e. The molecule has 4 rings (SSSR count). The fourth-order valence-corrected chi connectivity index (χ4v) is 3.80. The molecule has 1 aliphatic heterocycles. The maximum Gasteiger partial charge on any atom is 0.290 e. The number of nitrogens with zero attached hydrogens (tertiary/aromatic N) is 1. The van der Waals surface area contributed by atoms with Crippen molar-refractivity contribution in [2.24, 2.45) is 0 Å². The Labute approximate surface area is 168 Å². The van der Waals surface area contributed by atoms with Crippen LogP contribution in [0.5, 0.6) is 0 Å². The van der Waals surface area contributed by atoms with Crippen LogP contribution < -0.4 is 5.43 Å². The van der Waals surface area contributed by atoms with Crippen molar-refractivity contribution in [3.8, 4) is 0 Å². The van der Waals surface area contributed by atoms with Gasteiger partial charge < -0.3 is 14.4 Å². The van der Waals surface area contributed by atoms with E-state index in [9.17, 15) is 19.1 Å². The lowest BCUT2D eigenvalue weighted by molar-refractivity contribution is 0.0716. The predicted octanol–water partition coefficient (Wildman–Crippen LogP) is 4.17. The van der Waals surface area contributed by atoms with Gasteiger partial charge in [-0.25, -0.2) is 4.39 Å². The summed E-state index contributed by atoms with van der Waals surface area (Å²) in [6, 6.07) is 7.64. The van der Waals surface area contributed by atoms with Crippen LogP contribution in [0.1, 0.15) is 34.1 Å². The predicted molar refractivity (Wildman–Crippen MR) is 103 cm³/mol. The molecule has 1 unspecified atom stereocenters. The van der Waals surface area contributed by atoms with E-state index in [1.165, 1.54) is 11.0 Å². The first-order valence-corrected chi connectivity index (χ1v) is 9.31. The quantitative estimate of drug-likeness (QED) is 0.686. The molecule has 8 heteroatoms. The molecule has 0 radical (unpaired) electrons. The molecule has 1 amide bonds. The summed E-state index contributed by atoms with van der Waals surface area (Å²) in [6.45, 7) is 0.0807. The number of carbonyl (C=O) groups excluding carboxylic acids is 1. The first kappa shape index (κ1) is 18.9. The number of carbonyl (C=O) groups is 1. The van der Waals surface area contributed by atoms with Gasteiger partial charge in [0.05, 0.1) is 27.0 Å². The standard InChI is InChI=1S/C20H14Cl2FNO4/c21-13-4-2-10(8-14(13)22)17-16-18(26)12-9-11(23)3-5-15(12)28-19(16)20(27)24(17)6-1-7-25/h2-5,8-9,17,25H,1,6-7H2. The lowest BCUT2D eigenvalue weighted by Crippen LogP contribution is -2.31. The van der Waals surface area contributed by atoms with E-state index >= 15 is 0 Å². The summed E-state index contributed by atoms with van der Waals surface area (Å²) in [5, 5.41) is 9.87. The molecule has 28 heavy (non-hydrogen) atoms. The van der Waals surface area contributed by atoms with Gasteiger partial charge in [0.2, 0.25) is 5.76 Å². The smallest absolute Gasteiger partial charge is 0.290 e. The van der Waals surface area contributed by atoms with Crippen LogP contribution in [-0.4, -0.2) is 29.1 Å². The Bertz CT molecular complexity index is 1160. The van der Waals surface area contributed by atoms with Gasteiger partial charge in [-0.05, 0) is 42.3 Å². The molecule has 1 N–H and O–H groups in total. The number of hydrogen-bond donors (Lipinski definition) is 1. The normalized spacial score (nSPS) is 16.1. The molecular weight excluding hydrogens is 408 g/mol. The number of amides is 1. The summed E-state index contributed by atoms with van der Waals surface area (Å²) in [7, 11) is 0. The summed E-state index contributed by atoms with van der Waals surface area (Å²) in [6.07, 6.45) is 0.319. The van der Waals surface area contributed by atoms with Crippen LogP contribution in [-0.2, 0) is 0 Å². The number of benzene rings is 2. The van der Waals surface area contributed by atoms with Gasteiger partial charge in [0.15, 0.2) is 5.43 Å². The fourth-order valence-electron chi connectivity index (χ4n) is 3.49. The highest BCUT2D eigenvalue weighted by Crippen LogP contribution is 2.39. The summed E-state index contributed by atoms with van der Waals surface area (Å²) in [5.41, 5.74) is 0.351. The van der Waals surface area contributed by atoms with E-state index in [4.69, 9.17) is 27.6 Å². The highest BCUT2D eigenvalue weighted by Gasteiger charge is 2.42. The Morgan fingerprint density at radius 2 is 1.89 bits per heavy atom.